The minimum Gasteiger partial charge on any atom is -0.448 e. The van der Waals surface area contributed by atoms with E-state index in [-0.39, 0.29) is 5.54 Å². The summed E-state index contributed by atoms with van der Waals surface area (Å²) in [6, 6.07) is 7.66. The monoisotopic (exact) mass is 260 g/mol. The van der Waals surface area contributed by atoms with Crippen LogP contribution in [0.3, 0.4) is 0 Å². The van der Waals surface area contributed by atoms with Gasteiger partial charge in [0.25, 0.3) is 0 Å². The smallest absolute Gasteiger partial charge is 0.394 e. The predicted molar refractivity (Wildman–Crippen MR) is 74.1 cm³/mol. The fourth-order valence-electron chi connectivity index (χ4n) is 2.70. The van der Waals surface area contributed by atoms with Gasteiger partial charge in [-0.15, -0.1) is 0 Å². The average Bonchev–Trinajstić information content (AvgIpc) is 2.72. The first-order valence-corrected chi connectivity index (χ1v) is 7.02. The highest BCUT2D eigenvalue weighted by Gasteiger charge is 2.27. The van der Waals surface area contributed by atoms with Gasteiger partial charge in [-0.3, -0.25) is 0 Å². The first-order valence-electron chi connectivity index (χ1n) is 7.02. The SMILES string of the molecule is NC1(COc2nc3ccccc3o2)CCCCCC1. The second kappa shape index (κ2) is 5.21. The average molecular weight is 260 g/mol. The van der Waals surface area contributed by atoms with Gasteiger partial charge in [0.05, 0.1) is 5.54 Å². The lowest BCUT2D eigenvalue weighted by molar-refractivity contribution is 0.159. The summed E-state index contributed by atoms with van der Waals surface area (Å²) < 4.78 is 11.2. The van der Waals surface area contributed by atoms with E-state index < -0.39 is 0 Å². The number of ether oxygens (including phenoxy) is 1. The maximum absolute atomic E-state index is 6.41. The highest BCUT2D eigenvalue weighted by molar-refractivity contribution is 5.72. The van der Waals surface area contributed by atoms with Crippen molar-refractivity contribution in [1.82, 2.24) is 4.98 Å². The molecule has 0 atom stereocenters. The summed E-state index contributed by atoms with van der Waals surface area (Å²) in [7, 11) is 0. The number of para-hydroxylation sites is 2. The molecular weight excluding hydrogens is 240 g/mol. The number of oxazole rings is 1. The molecule has 1 aromatic heterocycles. The van der Waals surface area contributed by atoms with Crippen molar-refractivity contribution in [2.24, 2.45) is 5.73 Å². The second-order valence-corrected chi connectivity index (χ2v) is 5.51. The van der Waals surface area contributed by atoms with Crippen molar-refractivity contribution in [2.45, 2.75) is 44.1 Å². The van der Waals surface area contributed by atoms with E-state index in [1.807, 2.05) is 24.3 Å². The van der Waals surface area contributed by atoms with E-state index in [1.54, 1.807) is 0 Å². The maximum Gasteiger partial charge on any atom is 0.394 e. The molecule has 1 saturated carbocycles. The molecule has 4 nitrogen and oxygen atoms in total. The van der Waals surface area contributed by atoms with Crippen LogP contribution in [-0.2, 0) is 0 Å². The maximum atomic E-state index is 6.41. The van der Waals surface area contributed by atoms with Gasteiger partial charge < -0.3 is 14.9 Å². The van der Waals surface area contributed by atoms with Gasteiger partial charge in [-0.1, -0.05) is 37.8 Å². The molecule has 1 aliphatic rings. The van der Waals surface area contributed by atoms with Gasteiger partial charge in [0.1, 0.15) is 12.1 Å². The van der Waals surface area contributed by atoms with E-state index in [0.29, 0.717) is 12.7 Å². The molecule has 1 fully saturated rings. The fourth-order valence-corrected chi connectivity index (χ4v) is 2.70. The molecule has 1 heterocycles. The van der Waals surface area contributed by atoms with Gasteiger partial charge in [-0.05, 0) is 25.0 Å². The molecule has 0 bridgehead atoms. The number of fused-ring (bicyclic) bond motifs is 1. The van der Waals surface area contributed by atoms with E-state index in [2.05, 4.69) is 4.98 Å². The van der Waals surface area contributed by atoms with Crippen LogP contribution in [0.4, 0.5) is 0 Å². The molecule has 19 heavy (non-hydrogen) atoms. The Balaban J connectivity index is 1.67. The summed E-state index contributed by atoms with van der Waals surface area (Å²) in [6.07, 6.45) is 7.31. The lowest BCUT2D eigenvalue weighted by Gasteiger charge is -2.26. The zero-order chi connectivity index (χ0) is 13.1. The van der Waals surface area contributed by atoms with Crippen molar-refractivity contribution in [3.05, 3.63) is 24.3 Å². The second-order valence-electron chi connectivity index (χ2n) is 5.51. The molecule has 1 aromatic carbocycles. The molecular formula is C15H20N2O2. The van der Waals surface area contributed by atoms with Gasteiger partial charge in [0, 0.05) is 0 Å². The van der Waals surface area contributed by atoms with E-state index in [0.717, 1.165) is 23.9 Å². The zero-order valence-electron chi connectivity index (χ0n) is 11.1. The minimum absolute atomic E-state index is 0.225. The Kier molecular flexibility index (Phi) is 3.42. The third-order valence-corrected chi connectivity index (χ3v) is 3.86. The number of nitrogens with zero attached hydrogens (tertiary/aromatic N) is 1. The summed E-state index contributed by atoms with van der Waals surface area (Å²) in [5.74, 6) is 0. The Morgan fingerprint density at radius 2 is 1.89 bits per heavy atom. The Labute approximate surface area is 112 Å². The van der Waals surface area contributed by atoms with Gasteiger partial charge in [-0.25, -0.2) is 0 Å². The van der Waals surface area contributed by atoms with Crippen LogP contribution in [0.1, 0.15) is 38.5 Å². The van der Waals surface area contributed by atoms with E-state index in [9.17, 15) is 0 Å². The van der Waals surface area contributed by atoms with Crippen molar-refractivity contribution >= 4 is 11.1 Å². The molecule has 4 heteroatoms. The van der Waals surface area contributed by atoms with Crippen LogP contribution in [-0.4, -0.2) is 17.1 Å². The molecule has 0 amide bonds. The zero-order valence-corrected chi connectivity index (χ0v) is 11.1. The number of hydrogen-bond acceptors (Lipinski definition) is 4. The molecule has 2 N–H and O–H groups in total. The summed E-state index contributed by atoms with van der Waals surface area (Å²) >= 11 is 0. The standard InChI is InChI=1S/C15H20N2O2/c16-15(9-5-1-2-6-10-15)11-18-14-17-12-7-3-4-8-13(12)19-14/h3-4,7-8H,1-2,5-6,9-11,16H2. The number of aromatic nitrogens is 1. The molecule has 0 unspecified atom stereocenters. The van der Waals surface area contributed by atoms with Crippen molar-refractivity contribution in [2.75, 3.05) is 6.61 Å². The number of hydrogen-bond donors (Lipinski definition) is 1. The van der Waals surface area contributed by atoms with Crippen LogP contribution in [0.15, 0.2) is 28.7 Å². The highest BCUT2D eigenvalue weighted by atomic mass is 16.6. The third kappa shape index (κ3) is 2.89. The van der Waals surface area contributed by atoms with Crippen LogP contribution in [0.25, 0.3) is 11.1 Å². The van der Waals surface area contributed by atoms with Crippen LogP contribution in [0.5, 0.6) is 6.08 Å². The topological polar surface area (TPSA) is 61.3 Å². The van der Waals surface area contributed by atoms with Gasteiger partial charge in [0.15, 0.2) is 5.58 Å². The van der Waals surface area contributed by atoms with Crippen molar-refractivity contribution in [3.63, 3.8) is 0 Å². The highest BCUT2D eigenvalue weighted by Crippen LogP contribution is 2.26. The predicted octanol–water partition coefficient (Wildman–Crippen LogP) is 3.26. The molecule has 0 saturated heterocycles. The largest absolute Gasteiger partial charge is 0.448 e. The molecule has 0 spiro atoms. The van der Waals surface area contributed by atoms with E-state index >= 15 is 0 Å². The van der Waals surface area contributed by atoms with E-state index in [4.69, 9.17) is 14.9 Å². The van der Waals surface area contributed by atoms with Crippen LogP contribution < -0.4 is 10.5 Å². The normalized spacial score (nSPS) is 19.2. The molecule has 3 rings (SSSR count). The summed E-state index contributed by atoms with van der Waals surface area (Å²) in [5.41, 5.74) is 7.76. The van der Waals surface area contributed by atoms with Crippen molar-refractivity contribution in [3.8, 4) is 6.08 Å². The third-order valence-electron chi connectivity index (χ3n) is 3.86. The molecule has 0 aliphatic heterocycles. The number of nitrogens with two attached hydrogens (primary N) is 1. The molecule has 2 aromatic rings. The molecule has 0 radical (unpaired) electrons. The Morgan fingerprint density at radius 1 is 1.16 bits per heavy atom. The van der Waals surface area contributed by atoms with Crippen molar-refractivity contribution in [1.29, 1.82) is 0 Å². The summed E-state index contributed by atoms with van der Waals surface area (Å²) in [5, 5.41) is 0. The quantitative estimate of drug-likeness (QED) is 0.860. The van der Waals surface area contributed by atoms with Crippen LogP contribution in [0.2, 0.25) is 0 Å². The van der Waals surface area contributed by atoms with Gasteiger partial charge in [-0.2, -0.15) is 4.98 Å². The summed E-state index contributed by atoms with van der Waals surface area (Å²) in [6.45, 7) is 0.486. The first-order chi connectivity index (χ1) is 9.25. The Morgan fingerprint density at radius 3 is 2.63 bits per heavy atom. The Hall–Kier alpha value is -1.55. The number of benzene rings is 1. The summed E-state index contributed by atoms with van der Waals surface area (Å²) in [4.78, 5) is 4.31. The lowest BCUT2D eigenvalue weighted by atomic mass is 9.93. The van der Waals surface area contributed by atoms with Gasteiger partial charge in [0.2, 0.25) is 0 Å². The molecule has 1 aliphatic carbocycles. The van der Waals surface area contributed by atoms with Crippen LogP contribution in [0, 0.1) is 0 Å². The van der Waals surface area contributed by atoms with Gasteiger partial charge >= 0.3 is 6.08 Å². The number of rotatable bonds is 3. The first kappa shape index (κ1) is 12.5. The van der Waals surface area contributed by atoms with Crippen molar-refractivity contribution < 1.29 is 9.15 Å². The van der Waals surface area contributed by atoms with E-state index in [1.165, 1.54) is 25.7 Å². The molecule has 102 valence electrons. The lowest BCUT2D eigenvalue weighted by Crippen LogP contribution is -2.45. The fraction of sp³-hybridized carbons (Fsp3) is 0.533. The minimum atomic E-state index is -0.225. The Bertz CT molecular complexity index is 509. The van der Waals surface area contributed by atoms with Crippen LogP contribution >= 0.6 is 0 Å².